The predicted octanol–water partition coefficient (Wildman–Crippen LogP) is 13.3. The Morgan fingerprint density at radius 3 is 1.20 bits per heavy atom. The van der Waals surface area contributed by atoms with Crippen LogP contribution in [0.4, 0.5) is 0 Å². The van der Waals surface area contributed by atoms with Gasteiger partial charge in [-0.15, -0.1) is 0 Å². The van der Waals surface area contributed by atoms with Crippen molar-refractivity contribution in [2.75, 3.05) is 0 Å². The third-order valence-corrected chi connectivity index (χ3v) is 9.17. The number of benzene rings is 9. The zero-order chi connectivity index (χ0) is 48.9. The van der Waals surface area contributed by atoms with E-state index in [0.717, 1.165) is 22.3 Å². The number of aromatic nitrogens is 3. The monoisotopic (exact) mass is 702 g/mol. The van der Waals surface area contributed by atoms with Crippen LogP contribution in [-0.2, 0) is 0 Å². The van der Waals surface area contributed by atoms with Gasteiger partial charge in [-0.2, -0.15) is 0 Å². The Morgan fingerprint density at radius 1 is 0.278 bits per heavy atom. The zero-order valence-electron chi connectivity index (χ0n) is 43.2. The average molecular weight is 703 g/mol. The normalized spacial score (nSPS) is 15.2. The highest BCUT2D eigenvalue weighted by atomic mass is 15.0. The molecule has 10 aromatic rings. The van der Waals surface area contributed by atoms with E-state index in [1.165, 1.54) is 0 Å². The molecule has 252 valence electrons. The van der Waals surface area contributed by atoms with E-state index in [2.05, 4.69) is 4.98 Å². The van der Waals surface area contributed by atoms with E-state index >= 15 is 0 Å². The van der Waals surface area contributed by atoms with Gasteiger partial charge in [0.2, 0.25) is 0 Å². The van der Waals surface area contributed by atoms with Gasteiger partial charge in [0.15, 0.2) is 17.5 Å². The van der Waals surface area contributed by atoms with Gasteiger partial charge < -0.3 is 0 Å². The molecule has 0 spiro atoms. The van der Waals surface area contributed by atoms with Crippen molar-refractivity contribution in [2.45, 2.75) is 0 Å². The Bertz CT molecular complexity index is 3760. The molecule has 0 unspecified atom stereocenters. The molecule has 0 aliphatic heterocycles. The van der Waals surface area contributed by atoms with E-state index in [-0.39, 0.29) is 50.0 Å². The molecular formula is C51H33N3. The summed E-state index contributed by atoms with van der Waals surface area (Å²) in [6.45, 7) is 0. The molecule has 3 heteroatoms. The van der Waals surface area contributed by atoms with Crippen LogP contribution in [-0.4, -0.2) is 15.0 Å². The van der Waals surface area contributed by atoms with Crippen molar-refractivity contribution in [3.63, 3.8) is 0 Å². The first-order valence-electron chi connectivity index (χ1n) is 24.6. The molecule has 0 aliphatic carbocycles. The lowest BCUT2D eigenvalue weighted by Crippen LogP contribution is -2.00. The van der Waals surface area contributed by atoms with Gasteiger partial charge >= 0.3 is 0 Å². The van der Waals surface area contributed by atoms with Crippen LogP contribution in [0.2, 0.25) is 0 Å². The topological polar surface area (TPSA) is 38.7 Å². The van der Waals surface area contributed by atoms with Gasteiger partial charge in [0.1, 0.15) is 0 Å². The highest BCUT2D eigenvalue weighted by Gasteiger charge is 2.15. The maximum Gasteiger partial charge on any atom is 0.164 e. The smallest absolute Gasteiger partial charge is 0.164 e. The minimum absolute atomic E-state index is 0.166. The average Bonchev–Trinajstić information content (AvgIpc) is 3.37. The molecule has 0 atom stereocenters. The SMILES string of the molecule is [2H]c1c([2H])c(-c2c([2H])c([2H])c3c4c([2H])c([2H])c([2H])c([2H])c4c4c([2H])c([2H])c([2H])c([2H])c4c3c2[2H])c([2H])c([2H])c1-c1nc(-c2ccccc2)nc(-c2ccc(-c3ccccc3-c3ccccc3)cc2)n1. The van der Waals surface area contributed by atoms with Gasteiger partial charge in [-0.3, -0.25) is 0 Å². The molecule has 54 heavy (non-hydrogen) atoms. The van der Waals surface area contributed by atoms with Crippen molar-refractivity contribution < 1.29 is 20.6 Å². The molecule has 0 amide bonds. The van der Waals surface area contributed by atoms with Gasteiger partial charge in [0, 0.05) is 16.7 Å². The molecule has 0 radical (unpaired) electrons. The van der Waals surface area contributed by atoms with Crippen molar-refractivity contribution >= 4 is 32.3 Å². The number of nitrogens with zero attached hydrogens (tertiary/aromatic N) is 3. The molecule has 0 saturated carbocycles. The summed E-state index contributed by atoms with van der Waals surface area (Å²) < 4.78 is 135. The maximum atomic E-state index is 9.64. The third kappa shape index (κ3) is 5.69. The number of hydrogen-bond acceptors (Lipinski definition) is 3. The van der Waals surface area contributed by atoms with Gasteiger partial charge in [-0.1, -0.05) is 194 Å². The Labute approximate surface area is 335 Å². The Morgan fingerprint density at radius 2 is 0.648 bits per heavy atom. The number of rotatable bonds is 6. The second-order valence-corrected chi connectivity index (χ2v) is 12.4. The van der Waals surface area contributed by atoms with Crippen molar-refractivity contribution in [2.24, 2.45) is 0 Å². The standard InChI is InChI=1S/C51H33N3/c1-3-13-35(14-4-1)41-17-7-8-18-42(41)36-25-29-39(30-26-36)51-53-49(37-15-5-2-6-16-37)52-50(54-51)38-27-23-34(24-28-38)40-31-32-47-45-21-10-9-19-43(45)44-20-11-12-22-46(44)48(47)33-40/h1-33H/i9D,10D,11D,12D,19D,20D,21D,22D,23D,24D,27D,28D,31D,32D,33D. The summed E-state index contributed by atoms with van der Waals surface area (Å²) in [4.78, 5) is 14.2. The Kier molecular flexibility index (Phi) is 4.85. The van der Waals surface area contributed by atoms with Gasteiger partial charge in [-0.25, -0.2) is 15.0 Å². The molecule has 0 saturated heterocycles. The largest absolute Gasteiger partial charge is 0.208 e. The first-order valence-corrected chi connectivity index (χ1v) is 17.1. The predicted molar refractivity (Wildman–Crippen MR) is 225 cm³/mol. The van der Waals surface area contributed by atoms with Gasteiger partial charge in [0.05, 0.1) is 20.6 Å². The van der Waals surface area contributed by atoms with Crippen LogP contribution < -0.4 is 0 Å². The molecule has 1 heterocycles. The molecule has 3 nitrogen and oxygen atoms in total. The quantitative estimate of drug-likeness (QED) is 0.162. The van der Waals surface area contributed by atoms with E-state index in [9.17, 15) is 9.60 Å². The number of hydrogen-bond donors (Lipinski definition) is 0. The number of fused-ring (bicyclic) bond motifs is 6. The summed E-state index contributed by atoms with van der Waals surface area (Å²) in [5.74, 6) is 0.131. The first kappa shape index (κ1) is 19.6. The molecule has 0 aliphatic rings. The van der Waals surface area contributed by atoms with Crippen LogP contribution in [0, 0.1) is 0 Å². The second-order valence-electron chi connectivity index (χ2n) is 12.4. The first-order chi connectivity index (χ1) is 33.0. The second kappa shape index (κ2) is 13.4. The van der Waals surface area contributed by atoms with Crippen molar-refractivity contribution in [1.82, 2.24) is 15.0 Å². The molecule has 1 aromatic heterocycles. The molecule has 10 rings (SSSR count). The van der Waals surface area contributed by atoms with E-state index < -0.39 is 107 Å². The highest BCUT2D eigenvalue weighted by molar-refractivity contribution is 6.25. The van der Waals surface area contributed by atoms with Gasteiger partial charge in [-0.05, 0) is 71.7 Å². The van der Waals surface area contributed by atoms with Crippen molar-refractivity contribution in [3.8, 4) is 67.5 Å². The summed E-state index contributed by atoms with van der Waals surface area (Å²) in [6.07, 6.45) is 0. The van der Waals surface area contributed by atoms with Crippen molar-refractivity contribution in [1.29, 1.82) is 0 Å². The van der Waals surface area contributed by atoms with Crippen LogP contribution in [0.25, 0.3) is 99.9 Å². The maximum absolute atomic E-state index is 9.64. The fraction of sp³-hybridized carbons (Fsp3) is 0. The van der Waals surface area contributed by atoms with Crippen LogP contribution >= 0.6 is 0 Å². The molecule has 0 bridgehead atoms. The van der Waals surface area contributed by atoms with Crippen LogP contribution in [0.15, 0.2) is 200 Å². The van der Waals surface area contributed by atoms with E-state index in [1.54, 1.807) is 24.3 Å². The summed E-state index contributed by atoms with van der Waals surface area (Å²) in [7, 11) is 0. The van der Waals surface area contributed by atoms with Crippen molar-refractivity contribution in [3.05, 3.63) is 200 Å². The van der Waals surface area contributed by atoms with E-state index in [4.69, 9.17) is 20.9 Å². The molecule has 9 aromatic carbocycles. The summed E-state index contributed by atoms with van der Waals surface area (Å²) in [5, 5.41) is -2.18. The summed E-state index contributed by atoms with van der Waals surface area (Å²) >= 11 is 0. The minimum Gasteiger partial charge on any atom is -0.208 e. The lowest BCUT2D eigenvalue weighted by Gasteiger charge is -2.13. The zero-order valence-corrected chi connectivity index (χ0v) is 28.2. The van der Waals surface area contributed by atoms with Crippen LogP contribution in [0.5, 0.6) is 0 Å². The molecular weight excluding hydrogens is 655 g/mol. The third-order valence-electron chi connectivity index (χ3n) is 9.17. The Hall–Kier alpha value is -7.23. The van der Waals surface area contributed by atoms with Crippen LogP contribution in [0.1, 0.15) is 20.6 Å². The lowest BCUT2D eigenvalue weighted by atomic mass is 9.92. The fourth-order valence-corrected chi connectivity index (χ4v) is 6.57. The van der Waals surface area contributed by atoms with E-state index in [1.807, 2.05) is 84.9 Å². The van der Waals surface area contributed by atoms with Crippen LogP contribution in [0.3, 0.4) is 0 Å². The highest BCUT2D eigenvalue weighted by Crippen LogP contribution is 2.38. The molecule has 0 fully saturated rings. The van der Waals surface area contributed by atoms with Gasteiger partial charge in [0.25, 0.3) is 0 Å². The van der Waals surface area contributed by atoms with E-state index in [0.29, 0.717) is 11.1 Å². The molecule has 0 N–H and O–H groups in total. The Balaban J connectivity index is 1.20. The summed E-state index contributed by atoms with van der Waals surface area (Å²) in [5.41, 5.74) is 3.67. The lowest BCUT2D eigenvalue weighted by molar-refractivity contribution is 1.07. The fourth-order valence-electron chi connectivity index (χ4n) is 6.57. The minimum atomic E-state index is -0.779. The summed E-state index contributed by atoms with van der Waals surface area (Å²) in [6, 6.07) is 23.9.